The van der Waals surface area contributed by atoms with Crippen LogP contribution < -0.4 is 9.47 Å². The molecule has 126 valence electrons. The molecule has 0 bridgehead atoms. The van der Waals surface area contributed by atoms with Crippen LogP contribution in [0.15, 0.2) is 18.2 Å². The number of aliphatic hydroxyl groups is 1. The molecule has 2 rings (SSSR count). The van der Waals surface area contributed by atoms with Crippen molar-refractivity contribution in [3.8, 4) is 11.5 Å². The predicted octanol–water partition coefficient (Wildman–Crippen LogP) is 1.51. The molecule has 23 heavy (non-hydrogen) atoms. The van der Waals surface area contributed by atoms with E-state index in [0.29, 0.717) is 30.2 Å². The van der Waals surface area contributed by atoms with Crippen molar-refractivity contribution in [2.75, 3.05) is 26.8 Å². The van der Waals surface area contributed by atoms with Crippen molar-refractivity contribution in [2.45, 2.75) is 26.4 Å². The molecule has 1 aromatic carbocycles. The Morgan fingerprint density at radius 3 is 2.70 bits per heavy atom. The highest BCUT2D eigenvalue weighted by molar-refractivity contribution is 5.94. The maximum absolute atomic E-state index is 12.2. The second-order valence-electron chi connectivity index (χ2n) is 5.84. The molecular weight excluding hydrogens is 298 g/mol. The normalized spacial score (nSPS) is 18.6. The van der Waals surface area contributed by atoms with Crippen LogP contribution in [0.5, 0.6) is 11.5 Å². The van der Waals surface area contributed by atoms with E-state index in [0.717, 1.165) is 6.42 Å². The van der Waals surface area contributed by atoms with Gasteiger partial charge in [-0.1, -0.05) is 0 Å². The first-order chi connectivity index (χ1) is 10.9. The maximum atomic E-state index is 12.2. The van der Waals surface area contributed by atoms with Crippen LogP contribution in [0.2, 0.25) is 0 Å². The summed E-state index contributed by atoms with van der Waals surface area (Å²) in [7, 11) is 1.49. The van der Waals surface area contributed by atoms with Crippen LogP contribution in [0.3, 0.4) is 0 Å². The maximum Gasteiger partial charge on any atom is 0.260 e. The third-order valence-electron chi connectivity index (χ3n) is 4.18. The summed E-state index contributed by atoms with van der Waals surface area (Å²) in [4.78, 5) is 25.3. The highest BCUT2D eigenvalue weighted by Crippen LogP contribution is 2.28. The molecule has 2 atom stereocenters. The Morgan fingerprint density at radius 1 is 1.39 bits per heavy atom. The summed E-state index contributed by atoms with van der Waals surface area (Å²) in [6.07, 6.45) is 0.396. The van der Waals surface area contributed by atoms with E-state index < -0.39 is 6.10 Å². The smallest absolute Gasteiger partial charge is 0.260 e. The number of methoxy groups -OCH3 is 1. The van der Waals surface area contributed by atoms with Crippen molar-refractivity contribution >= 4 is 11.7 Å². The molecule has 1 amide bonds. The van der Waals surface area contributed by atoms with Gasteiger partial charge in [0.25, 0.3) is 5.91 Å². The van der Waals surface area contributed by atoms with E-state index in [1.807, 2.05) is 0 Å². The van der Waals surface area contributed by atoms with E-state index in [2.05, 4.69) is 0 Å². The molecule has 1 saturated heterocycles. The molecule has 6 heteroatoms. The van der Waals surface area contributed by atoms with E-state index in [1.54, 1.807) is 30.0 Å². The van der Waals surface area contributed by atoms with Crippen LogP contribution in [0.25, 0.3) is 0 Å². The quantitative estimate of drug-likeness (QED) is 0.804. The average molecular weight is 321 g/mol. The highest BCUT2D eigenvalue weighted by Gasteiger charge is 2.29. The number of aliphatic hydroxyl groups excluding tert-OH is 1. The van der Waals surface area contributed by atoms with Gasteiger partial charge < -0.3 is 19.5 Å². The molecule has 1 aromatic rings. The van der Waals surface area contributed by atoms with Gasteiger partial charge in [-0.2, -0.15) is 0 Å². The lowest BCUT2D eigenvalue weighted by molar-refractivity contribution is -0.132. The average Bonchev–Trinajstić information content (AvgIpc) is 3.02. The number of Topliss-reactive ketones (excluding diaryl/α,β-unsaturated/α-hetero) is 1. The first kappa shape index (κ1) is 17.3. The van der Waals surface area contributed by atoms with Gasteiger partial charge in [-0.15, -0.1) is 0 Å². The largest absolute Gasteiger partial charge is 0.493 e. The fourth-order valence-corrected chi connectivity index (χ4v) is 2.64. The van der Waals surface area contributed by atoms with Gasteiger partial charge in [-0.3, -0.25) is 9.59 Å². The van der Waals surface area contributed by atoms with Crippen molar-refractivity contribution in [1.82, 2.24) is 4.90 Å². The number of hydrogen-bond acceptors (Lipinski definition) is 5. The Kier molecular flexibility index (Phi) is 5.60. The summed E-state index contributed by atoms with van der Waals surface area (Å²) in [6.45, 7) is 4.32. The zero-order valence-corrected chi connectivity index (χ0v) is 13.7. The Bertz CT molecular complexity index is 584. The minimum Gasteiger partial charge on any atom is -0.493 e. The first-order valence-electron chi connectivity index (χ1n) is 7.70. The minimum absolute atomic E-state index is 0.0628. The van der Waals surface area contributed by atoms with Gasteiger partial charge in [0.1, 0.15) is 0 Å². The van der Waals surface area contributed by atoms with Crippen molar-refractivity contribution in [3.05, 3.63) is 23.8 Å². The lowest BCUT2D eigenvalue weighted by atomic mass is 10.0. The fraction of sp³-hybridized carbons (Fsp3) is 0.529. The number of carbonyl (C=O) groups excluding carboxylic acids is 2. The topological polar surface area (TPSA) is 76.1 Å². The number of likely N-dealkylation sites (tertiary alicyclic amines) is 1. The molecule has 0 aliphatic carbocycles. The summed E-state index contributed by atoms with van der Waals surface area (Å²) in [5.74, 6) is 0.798. The zero-order valence-electron chi connectivity index (χ0n) is 13.7. The molecule has 0 radical (unpaired) electrons. The van der Waals surface area contributed by atoms with Gasteiger partial charge in [-0.05, 0) is 38.5 Å². The second kappa shape index (κ2) is 7.46. The van der Waals surface area contributed by atoms with Gasteiger partial charge >= 0.3 is 0 Å². The molecule has 0 aromatic heterocycles. The van der Waals surface area contributed by atoms with Crippen molar-refractivity contribution in [2.24, 2.45) is 5.92 Å². The standard InChI is InChI=1S/C17H23NO5/c1-11(19)13-4-5-15(16(8-13)22-3)23-10-17(21)18-7-6-14(9-18)12(2)20/h4-5,8,12,14,20H,6-7,9-10H2,1-3H3. The molecule has 0 saturated carbocycles. The summed E-state index contributed by atoms with van der Waals surface area (Å²) < 4.78 is 10.7. The van der Waals surface area contributed by atoms with Gasteiger partial charge in [0, 0.05) is 24.6 Å². The van der Waals surface area contributed by atoms with Crippen LogP contribution in [-0.4, -0.2) is 54.6 Å². The molecule has 1 fully saturated rings. The number of nitrogens with zero attached hydrogens (tertiary/aromatic N) is 1. The summed E-state index contributed by atoms with van der Waals surface area (Å²) in [5.41, 5.74) is 0.528. The van der Waals surface area contributed by atoms with Gasteiger partial charge in [0.2, 0.25) is 0 Å². The van der Waals surface area contributed by atoms with Crippen LogP contribution in [-0.2, 0) is 4.79 Å². The third kappa shape index (κ3) is 4.22. The molecule has 0 spiro atoms. The van der Waals surface area contributed by atoms with Crippen LogP contribution in [0, 0.1) is 5.92 Å². The molecular formula is C17H23NO5. The Labute approximate surface area is 136 Å². The molecule has 1 heterocycles. The summed E-state index contributed by atoms with van der Waals surface area (Å²) in [5, 5.41) is 9.59. The fourth-order valence-electron chi connectivity index (χ4n) is 2.64. The Balaban J connectivity index is 1.95. The van der Waals surface area contributed by atoms with Crippen molar-refractivity contribution in [1.29, 1.82) is 0 Å². The van der Waals surface area contributed by atoms with Crippen molar-refractivity contribution in [3.63, 3.8) is 0 Å². The van der Waals surface area contributed by atoms with E-state index >= 15 is 0 Å². The molecule has 1 aliphatic heterocycles. The number of amides is 1. The lowest BCUT2D eigenvalue weighted by Crippen LogP contribution is -2.34. The van der Waals surface area contributed by atoms with Crippen LogP contribution in [0.1, 0.15) is 30.6 Å². The number of ketones is 1. The van der Waals surface area contributed by atoms with E-state index in [-0.39, 0.29) is 24.2 Å². The molecule has 2 unspecified atom stereocenters. The van der Waals surface area contributed by atoms with Gasteiger partial charge in [0.05, 0.1) is 13.2 Å². The zero-order chi connectivity index (χ0) is 17.0. The molecule has 1 aliphatic rings. The van der Waals surface area contributed by atoms with Gasteiger partial charge in [0.15, 0.2) is 23.9 Å². The number of benzene rings is 1. The van der Waals surface area contributed by atoms with Crippen LogP contribution >= 0.6 is 0 Å². The Morgan fingerprint density at radius 2 is 2.13 bits per heavy atom. The highest BCUT2D eigenvalue weighted by atomic mass is 16.5. The number of carbonyl (C=O) groups is 2. The van der Waals surface area contributed by atoms with E-state index in [9.17, 15) is 14.7 Å². The molecule has 1 N–H and O–H groups in total. The Hall–Kier alpha value is -2.08. The number of hydrogen-bond donors (Lipinski definition) is 1. The third-order valence-corrected chi connectivity index (χ3v) is 4.18. The summed E-state index contributed by atoms with van der Waals surface area (Å²) in [6, 6.07) is 4.87. The van der Waals surface area contributed by atoms with Crippen molar-refractivity contribution < 1.29 is 24.2 Å². The second-order valence-corrected chi connectivity index (χ2v) is 5.84. The lowest BCUT2D eigenvalue weighted by Gasteiger charge is -2.18. The van der Waals surface area contributed by atoms with E-state index in [1.165, 1.54) is 14.0 Å². The predicted molar refractivity (Wildman–Crippen MR) is 84.9 cm³/mol. The molecule has 6 nitrogen and oxygen atoms in total. The van der Waals surface area contributed by atoms with E-state index in [4.69, 9.17) is 9.47 Å². The first-order valence-corrected chi connectivity index (χ1v) is 7.70. The number of ether oxygens (including phenoxy) is 2. The minimum atomic E-state index is -0.409. The monoisotopic (exact) mass is 321 g/mol. The SMILES string of the molecule is COc1cc(C(C)=O)ccc1OCC(=O)N1CCC(C(C)O)C1. The number of rotatable bonds is 6. The summed E-state index contributed by atoms with van der Waals surface area (Å²) >= 11 is 0. The van der Waals surface area contributed by atoms with Gasteiger partial charge in [-0.25, -0.2) is 0 Å². The van der Waals surface area contributed by atoms with Crippen LogP contribution in [0.4, 0.5) is 0 Å².